The third-order valence-corrected chi connectivity index (χ3v) is 5.23. The predicted molar refractivity (Wildman–Crippen MR) is 114 cm³/mol. The van der Waals surface area contributed by atoms with Gasteiger partial charge in [0.1, 0.15) is 5.69 Å². The maximum Gasteiger partial charge on any atom is 0.355 e. The van der Waals surface area contributed by atoms with E-state index in [1.165, 1.54) is 3.93 Å². The van der Waals surface area contributed by atoms with Crippen molar-refractivity contribution in [3.8, 4) is 11.1 Å². The van der Waals surface area contributed by atoms with Gasteiger partial charge in [0.2, 0.25) is 0 Å². The Bertz CT molecular complexity index is 995. The van der Waals surface area contributed by atoms with Gasteiger partial charge in [0.15, 0.2) is 0 Å². The molecule has 0 saturated carbocycles. The van der Waals surface area contributed by atoms with Crippen LogP contribution >= 0.6 is 16.1 Å². The number of anilines is 1. The molecule has 2 aromatic carbocycles. The van der Waals surface area contributed by atoms with Gasteiger partial charge in [-0.3, -0.25) is 4.79 Å². The van der Waals surface area contributed by atoms with E-state index >= 15 is 0 Å². The number of rotatable bonds is 5. The Kier molecular flexibility index (Phi) is 5.99. The Morgan fingerprint density at radius 3 is 2.29 bits per heavy atom. The molecule has 3 aromatic rings. The molecular formula is C22H21BrN2O3. The number of para-hydroxylation sites is 1. The lowest BCUT2D eigenvalue weighted by atomic mass is 10.00. The number of esters is 1. The fourth-order valence-electron chi connectivity index (χ4n) is 3.16. The number of H-pyrrole nitrogens is 1. The summed E-state index contributed by atoms with van der Waals surface area (Å²) in [5.74, 6) is -0.522. The normalized spacial score (nSPS) is 10.6. The summed E-state index contributed by atoms with van der Waals surface area (Å²) in [5, 5.41) is 0. The number of nitrogens with zero attached hydrogens (tertiary/aromatic N) is 1. The molecule has 0 atom stereocenters. The van der Waals surface area contributed by atoms with Crippen LogP contribution in [0.1, 0.15) is 39.0 Å². The first-order valence-corrected chi connectivity index (χ1v) is 9.67. The number of aryl methyl sites for hydroxylation is 1. The summed E-state index contributed by atoms with van der Waals surface area (Å²) in [7, 11) is 0. The number of carbonyl (C=O) groups is 2. The zero-order valence-electron chi connectivity index (χ0n) is 16.0. The van der Waals surface area contributed by atoms with Crippen molar-refractivity contribution >= 4 is 33.7 Å². The molecule has 0 fully saturated rings. The van der Waals surface area contributed by atoms with Gasteiger partial charge in [-0.15, -0.1) is 0 Å². The minimum Gasteiger partial charge on any atom is -0.461 e. The second-order valence-electron chi connectivity index (χ2n) is 6.34. The van der Waals surface area contributed by atoms with E-state index < -0.39 is 0 Å². The molecule has 3 rings (SSSR count). The van der Waals surface area contributed by atoms with Crippen LogP contribution in [0.5, 0.6) is 0 Å². The van der Waals surface area contributed by atoms with E-state index in [4.69, 9.17) is 4.74 Å². The Balaban J connectivity index is 1.87. The molecule has 5 nitrogen and oxygen atoms in total. The highest BCUT2D eigenvalue weighted by atomic mass is 79.9. The average molecular weight is 441 g/mol. The summed E-state index contributed by atoms with van der Waals surface area (Å²) in [6.45, 7) is 5.91. The van der Waals surface area contributed by atoms with Crippen LogP contribution in [0, 0.1) is 13.8 Å². The highest BCUT2D eigenvalue weighted by Gasteiger charge is 2.20. The van der Waals surface area contributed by atoms with E-state index in [2.05, 4.69) is 21.1 Å². The number of ether oxygens (including phenoxy) is 1. The van der Waals surface area contributed by atoms with Crippen LogP contribution in [0.4, 0.5) is 5.69 Å². The van der Waals surface area contributed by atoms with Crippen molar-refractivity contribution in [3.05, 3.63) is 77.1 Å². The Hall–Kier alpha value is -2.86. The number of amides is 1. The van der Waals surface area contributed by atoms with Crippen LogP contribution in [0.15, 0.2) is 54.6 Å². The fourth-order valence-corrected chi connectivity index (χ4v) is 3.60. The minimum atomic E-state index is -0.362. The SMILES string of the molecule is CCOC(=O)c1[nH]c(C)c(-c2ccc(C(=O)N(Br)c3ccccc3)cc2)c1C. The molecule has 0 unspecified atom stereocenters. The van der Waals surface area contributed by atoms with Crippen molar-refractivity contribution in [3.63, 3.8) is 0 Å². The smallest absolute Gasteiger partial charge is 0.355 e. The second-order valence-corrected chi connectivity index (χ2v) is 7.05. The molecule has 1 N–H and O–H groups in total. The number of halogens is 1. The van der Waals surface area contributed by atoms with Crippen LogP contribution in [0.3, 0.4) is 0 Å². The number of aromatic nitrogens is 1. The van der Waals surface area contributed by atoms with Crippen molar-refractivity contribution < 1.29 is 14.3 Å². The number of aromatic amines is 1. The number of nitrogens with one attached hydrogen (secondary N) is 1. The first kappa shape index (κ1) is 19.9. The van der Waals surface area contributed by atoms with E-state index in [0.29, 0.717) is 17.9 Å². The molecule has 28 heavy (non-hydrogen) atoms. The van der Waals surface area contributed by atoms with Gasteiger partial charge in [-0.2, -0.15) is 0 Å². The summed E-state index contributed by atoms with van der Waals surface area (Å²) in [5.41, 5.74) is 5.37. The second kappa shape index (κ2) is 8.44. The molecule has 0 aliphatic carbocycles. The fraction of sp³-hybridized carbons (Fsp3) is 0.182. The third kappa shape index (κ3) is 3.87. The molecule has 0 saturated heterocycles. The largest absolute Gasteiger partial charge is 0.461 e. The molecule has 0 bridgehead atoms. The molecule has 0 aliphatic heterocycles. The lowest BCUT2D eigenvalue weighted by Crippen LogP contribution is -2.19. The van der Waals surface area contributed by atoms with Crippen LogP contribution in [-0.2, 0) is 4.74 Å². The third-order valence-electron chi connectivity index (χ3n) is 4.50. The first-order valence-electron chi connectivity index (χ1n) is 8.96. The zero-order chi connectivity index (χ0) is 20.3. The van der Waals surface area contributed by atoms with Gasteiger partial charge >= 0.3 is 5.97 Å². The van der Waals surface area contributed by atoms with Gasteiger partial charge in [0.05, 0.1) is 28.4 Å². The van der Waals surface area contributed by atoms with E-state index in [1.807, 2.05) is 56.3 Å². The van der Waals surface area contributed by atoms with E-state index in [9.17, 15) is 9.59 Å². The number of hydrogen-bond acceptors (Lipinski definition) is 3. The quantitative estimate of drug-likeness (QED) is 0.424. The summed E-state index contributed by atoms with van der Waals surface area (Å²) >= 11 is 3.34. The zero-order valence-corrected chi connectivity index (χ0v) is 17.5. The van der Waals surface area contributed by atoms with Crippen molar-refractivity contribution in [2.75, 3.05) is 10.5 Å². The Morgan fingerprint density at radius 2 is 1.68 bits per heavy atom. The van der Waals surface area contributed by atoms with Gasteiger partial charge in [0.25, 0.3) is 5.91 Å². The lowest BCUT2D eigenvalue weighted by molar-refractivity contribution is 0.0519. The highest BCUT2D eigenvalue weighted by molar-refractivity contribution is 9.10. The van der Waals surface area contributed by atoms with Gasteiger partial charge in [-0.1, -0.05) is 30.3 Å². The van der Waals surface area contributed by atoms with Crippen molar-refractivity contribution in [1.82, 2.24) is 4.98 Å². The molecule has 0 spiro atoms. The van der Waals surface area contributed by atoms with Crippen molar-refractivity contribution in [2.24, 2.45) is 0 Å². The molecule has 0 radical (unpaired) electrons. The van der Waals surface area contributed by atoms with Crippen LogP contribution in [-0.4, -0.2) is 23.5 Å². The molecule has 0 aliphatic rings. The van der Waals surface area contributed by atoms with Crippen LogP contribution in [0.25, 0.3) is 11.1 Å². The molecule has 6 heteroatoms. The Morgan fingerprint density at radius 1 is 1.04 bits per heavy atom. The van der Waals surface area contributed by atoms with E-state index in [1.54, 1.807) is 19.1 Å². The molecule has 1 heterocycles. The molecule has 1 aromatic heterocycles. The number of carbonyl (C=O) groups excluding carboxylic acids is 2. The standard InChI is InChI=1S/C22H21BrN2O3/c1-4-28-22(27)20-14(2)19(15(3)24-20)16-10-12-17(13-11-16)21(26)25(23)18-8-6-5-7-9-18/h5-13,24H,4H2,1-3H3. The summed E-state index contributed by atoms with van der Waals surface area (Å²) in [4.78, 5) is 27.9. The molecule has 144 valence electrons. The number of hydrogen-bond donors (Lipinski definition) is 1. The summed E-state index contributed by atoms with van der Waals surface area (Å²) in [6, 6.07) is 16.7. The maximum absolute atomic E-state index is 12.7. The van der Waals surface area contributed by atoms with Crippen LogP contribution < -0.4 is 3.93 Å². The minimum absolute atomic E-state index is 0.160. The maximum atomic E-state index is 12.7. The lowest BCUT2D eigenvalue weighted by Gasteiger charge is -2.14. The van der Waals surface area contributed by atoms with Gasteiger partial charge in [0, 0.05) is 16.8 Å². The molecular weight excluding hydrogens is 420 g/mol. The Labute approximate surface area is 172 Å². The van der Waals surface area contributed by atoms with E-state index in [0.717, 1.165) is 28.1 Å². The molecule has 1 amide bonds. The predicted octanol–water partition coefficient (Wildman–Crippen LogP) is 5.43. The van der Waals surface area contributed by atoms with E-state index in [-0.39, 0.29) is 11.9 Å². The summed E-state index contributed by atoms with van der Waals surface area (Å²) < 4.78 is 6.54. The van der Waals surface area contributed by atoms with Gasteiger partial charge in [-0.05, 0) is 56.2 Å². The monoisotopic (exact) mass is 440 g/mol. The average Bonchev–Trinajstić information content (AvgIpc) is 3.02. The van der Waals surface area contributed by atoms with Crippen molar-refractivity contribution in [1.29, 1.82) is 0 Å². The highest BCUT2D eigenvalue weighted by Crippen LogP contribution is 2.30. The van der Waals surface area contributed by atoms with Gasteiger partial charge in [-0.25, -0.2) is 8.72 Å². The topological polar surface area (TPSA) is 62.4 Å². The van der Waals surface area contributed by atoms with Gasteiger partial charge < -0.3 is 9.72 Å². The van der Waals surface area contributed by atoms with Crippen molar-refractivity contribution in [2.45, 2.75) is 20.8 Å². The number of benzene rings is 2. The van der Waals surface area contributed by atoms with Crippen LogP contribution in [0.2, 0.25) is 0 Å². The first-order chi connectivity index (χ1) is 13.4. The summed E-state index contributed by atoms with van der Waals surface area (Å²) in [6.07, 6.45) is 0.